The monoisotopic (exact) mass is 265 g/mol. The summed E-state index contributed by atoms with van der Waals surface area (Å²) in [4.78, 5) is 25.1. The second kappa shape index (κ2) is 4.42. The minimum absolute atomic E-state index is 0.109. The van der Waals surface area contributed by atoms with E-state index in [9.17, 15) is 19.1 Å². The summed E-state index contributed by atoms with van der Waals surface area (Å²) in [7, 11) is 0. The van der Waals surface area contributed by atoms with Crippen molar-refractivity contribution in [2.45, 2.75) is 32.8 Å². The van der Waals surface area contributed by atoms with Gasteiger partial charge in [-0.1, -0.05) is 0 Å². The number of carbonyl (C=O) groups excluding carboxylic acids is 2. The van der Waals surface area contributed by atoms with Gasteiger partial charge in [-0.05, 0) is 44.9 Å². The summed E-state index contributed by atoms with van der Waals surface area (Å²) < 4.78 is 13.3. The van der Waals surface area contributed by atoms with E-state index in [1.54, 1.807) is 20.8 Å². The van der Waals surface area contributed by atoms with E-state index in [-0.39, 0.29) is 12.1 Å². The number of benzene rings is 1. The fourth-order valence-electron chi connectivity index (χ4n) is 2.20. The van der Waals surface area contributed by atoms with Gasteiger partial charge in [-0.15, -0.1) is 0 Å². The van der Waals surface area contributed by atoms with Gasteiger partial charge in [0.1, 0.15) is 5.82 Å². The molecule has 0 atom stereocenters. The van der Waals surface area contributed by atoms with Gasteiger partial charge in [-0.3, -0.25) is 9.59 Å². The van der Waals surface area contributed by atoms with Crippen molar-refractivity contribution in [3.63, 3.8) is 0 Å². The lowest BCUT2D eigenvalue weighted by Crippen LogP contribution is -2.35. The Balaban J connectivity index is 2.39. The number of rotatable bonds is 3. The number of carbonyl (C=O) groups is 2. The smallest absolute Gasteiger partial charge is 0.299 e. The number of nitrogens with zero attached hydrogens (tertiary/aromatic N) is 1. The minimum Gasteiger partial charge on any atom is -0.390 e. The minimum atomic E-state index is -0.931. The Bertz CT molecular complexity index is 561. The molecule has 0 aliphatic carbocycles. The molecular formula is C14H16FNO3. The van der Waals surface area contributed by atoms with Crippen LogP contribution in [0.1, 0.15) is 36.2 Å². The van der Waals surface area contributed by atoms with Crippen LogP contribution in [0.3, 0.4) is 0 Å². The molecule has 1 aliphatic heterocycles. The van der Waals surface area contributed by atoms with Crippen LogP contribution in [0.15, 0.2) is 12.1 Å². The van der Waals surface area contributed by atoms with Gasteiger partial charge >= 0.3 is 0 Å². The van der Waals surface area contributed by atoms with Crippen LogP contribution >= 0.6 is 0 Å². The van der Waals surface area contributed by atoms with Gasteiger partial charge in [0.2, 0.25) is 0 Å². The van der Waals surface area contributed by atoms with E-state index in [0.717, 1.165) is 6.07 Å². The summed E-state index contributed by atoms with van der Waals surface area (Å²) in [6.45, 7) is 5.15. The lowest BCUT2D eigenvalue weighted by Gasteiger charge is -2.23. The Morgan fingerprint density at radius 1 is 1.32 bits per heavy atom. The van der Waals surface area contributed by atoms with Gasteiger partial charge in [0.25, 0.3) is 11.7 Å². The Morgan fingerprint density at radius 3 is 2.53 bits per heavy atom. The molecule has 0 spiro atoms. The number of anilines is 1. The number of amides is 1. The maximum atomic E-state index is 13.3. The second-order valence-electron chi connectivity index (χ2n) is 5.47. The first-order chi connectivity index (χ1) is 8.70. The molecule has 0 bridgehead atoms. The van der Waals surface area contributed by atoms with E-state index < -0.39 is 23.1 Å². The molecule has 0 unspecified atom stereocenters. The van der Waals surface area contributed by atoms with Gasteiger partial charge in [-0.25, -0.2) is 4.39 Å². The molecule has 1 aliphatic rings. The lowest BCUT2D eigenvalue weighted by molar-refractivity contribution is -0.114. The Hall–Kier alpha value is -1.75. The zero-order valence-electron chi connectivity index (χ0n) is 11.2. The van der Waals surface area contributed by atoms with E-state index in [1.165, 1.54) is 11.0 Å². The van der Waals surface area contributed by atoms with Crippen LogP contribution in [-0.4, -0.2) is 28.9 Å². The van der Waals surface area contributed by atoms with Crippen LogP contribution in [0, 0.1) is 12.7 Å². The summed E-state index contributed by atoms with van der Waals surface area (Å²) in [6.07, 6.45) is 0.336. The second-order valence-corrected chi connectivity index (χ2v) is 5.47. The van der Waals surface area contributed by atoms with Crippen molar-refractivity contribution in [3.05, 3.63) is 29.1 Å². The summed E-state index contributed by atoms with van der Waals surface area (Å²) >= 11 is 0. The van der Waals surface area contributed by atoms with E-state index in [1.807, 2.05) is 0 Å². The van der Waals surface area contributed by atoms with Crippen molar-refractivity contribution in [1.29, 1.82) is 0 Å². The topological polar surface area (TPSA) is 57.6 Å². The van der Waals surface area contributed by atoms with Crippen LogP contribution in [0.2, 0.25) is 0 Å². The molecule has 1 amide bonds. The number of fused-ring (bicyclic) bond motifs is 1. The van der Waals surface area contributed by atoms with Crippen LogP contribution in [0.25, 0.3) is 0 Å². The molecule has 1 heterocycles. The van der Waals surface area contributed by atoms with E-state index in [0.29, 0.717) is 17.7 Å². The number of hydrogen-bond donors (Lipinski definition) is 1. The third-order valence-corrected chi connectivity index (χ3v) is 3.17. The summed E-state index contributed by atoms with van der Waals surface area (Å²) in [6, 6.07) is 2.38. The Morgan fingerprint density at radius 2 is 1.95 bits per heavy atom. The highest BCUT2D eigenvalue weighted by Gasteiger charge is 2.37. The fourth-order valence-corrected chi connectivity index (χ4v) is 2.20. The molecule has 4 nitrogen and oxygen atoms in total. The Labute approximate surface area is 110 Å². The summed E-state index contributed by atoms with van der Waals surface area (Å²) in [5, 5.41) is 9.71. The SMILES string of the molecule is Cc1cc(F)cc2c1N(CCC(C)(C)O)C(=O)C2=O. The molecule has 0 fully saturated rings. The number of aryl methyl sites for hydroxylation is 1. The predicted molar refractivity (Wildman–Crippen MR) is 68.7 cm³/mol. The van der Waals surface area contributed by atoms with Gasteiger partial charge in [0, 0.05) is 6.54 Å². The van der Waals surface area contributed by atoms with Crippen LogP contribution in [0.4, 0.5) is 10.1 Å². The van der Waals surface area contributed by atoms with Gasteiger partial charge in [-0.2, -0.15) is 0 Å². The highest BCUT2D eigenvalue weighted by Crippen LogP contribution is 2.33. The highest BCUT2D eigenvalue weighted by molar-refractivity contribution is 6.52. The number of aliphatic hydroxyl groups is 1. The average Bonchev–Trinajstić information content (AvgIpc) is 2.50. The maximum absolute atomic E-state index is 13.3. The molecular weight excluding hydrogens is 249 g/mol. The Kier molecular flexibility index (Phi) is 3.18. The van der Waals surface area contributed by atoms with Gasteiger partial charge in [0.05, 0.1) is 16.9 Å². The first kappa shape index (κ1) is 13.7. The molecule has 0 aromatic heterocycles. The van der Waals surface area contributed by atoms with Crippen molar-refractivity contribution in [3.8, 4) is 0 Å². The average molecular weight is 265 g/mol. The van der Waals surface area contributed by atoms with Crippen LogP contribution in [0.5, 0.6) is 0 Å². The van der Waals surface area contributed by atoms with E-state index in [2.05, 4.69) is 0 Å². The molecule has 0 saturated carbocycles. The number of ketones is 1. The molecule has 2 rings (SSSR count). The summed E-state index contributed by atoms with van der Waals surface area (Å²) in [5.74, 6) is -1.87. The number of hydrogen-bond acceptors (Lipinski definition) is 3. The number of halogens is 1. The summed E-state index contributed by atoms with van der Waals surface area (Å²) in [5.41, 5.74) is 0.184. The van der Waals surface area contributed by atoms with Crippen LogP contribution < -0.4 is 4.90 Å². The first-order valence-electron chi connectivity index (χ1n) is 6.09. The maximum Gasteiger partial charge on any atom is 0.299 e. The third-order valence-electron chi connectivity index (χ3n) is 3.17. The quantitative estimate of drug-likeness (QED) is 0.848. The van der Waals surface area contributed by atoms with E-state index in [4.69, 9.17) is 0 Å². The van der Waals surface area contributed by atoms with Crippen molar-refractivity contribution < 1.29 is 19.1 Å². The van der Waals surface area contributed by atoms with Crippen LogP contribution in [-0.2, 0) is 4.79 Å². The first-order valence-corrected chi connectivity index (χ1v) is 6.09. The molecule has 1 aromatic carbocycles. The fraction of sp³-hybridized carbons (Fsp3) is 0.429. The molecule has 1 N–H and O–H groups in total. The van der Waals surface area contributed by atoms with Gasteiger partial charge < -0.3 is 10.0 Å². The third kappa shape index (κ3) is 2.51. The molecule has 5 heteroatoms. The largest absolute Gasteiger partial charge is 0.390 e. The molecule has 1 aromatic rings. The molecule has 102 valence electrons. The normalized spacial score (nSPS) is 15.1. The predicted octanol–water partition coefficient (Wildman–Crippen LogP) is 1.82. The van der Waals surface area contributed by atoms with Crippen molar-refractivity contribution in [1.82, 2.24) is 0 Å². The molecule has 19 heavy (non-hydrogen) atoms. The van der Waals surface area contributed by atoms with Crippen molar-refractivity contribution in [2.24, 2.45) is 0 Å². The molecule has 0 radical (unpaired) electrons. The molecule has 0 saturated heterocycles. The zero-order valence-corrected chi connectivity index (χ0v) is 11.2. The standard InChI is InChI=1S/C14H16FNO3/c1-8-6-9(15)7-10-11(8)16(13(18)12(10)17)5-4-14(2,3)19/h6-7,19H,4-5H2,1-3H3. The zero-order chi connectivity index (χ0) is 14.4. The van der Waals surface area contributed by atoms with E-state index >= 15 is 0 Å². The van der Waals surface area contributed by atoms with Crippen molar-refractivity contribution in [2.75, 3.05) is 11.4 Å². The number of Topliss-reactive ketones (excluding diaryl/α,β-unsaturated/α-hetero) is 1. The van der Waals surface area contributed by atoms with Crippen molar-refractivity contribution >= 4 is 17.4 Å². The lowest BCUT2D eigenvalue weighted by atomic mass is 10.0. The highest BCUT2D eigenvalue weighted by atomic mass is 19.1. The van der Waals surface area contributed by atoms with Gasteiger partial charge in [0.15, 0.2) is 0 Å².